The van der Waals surface area contributed by atoms with Gasteiger partial charge in [-0.2, -0.15) is 4.31 Å². The first-order valence-corrected chi connectivity index (χ1v) is 10.8. The van der Waals surface area contributed by atoms with Crippen LogP contribution in [0.2, 0.25) is 0 Å². The van der Waals surface area contributed by atoms with Crippen molar-refractivity contribution in [3.8, 4) is 5.75 Å². The monoisotopic (exact) mass is 380 g/mol. The molecule has 1 saturated heterocycles. The van der Waals surface area contributed by atoms with Crippen molar-refractivity contribution in [2.75, 3.05) is 26.7 Å². The van der Waals surface area contributed by atoms with Crippen LogP contribution in [0.5, 0.6) is 5.75 Å². The van der Waals surface area contributed by atoms with E-state index in [0.717, 1.165) is 25.7 Å². The molecule has 0 radical (unpaired) electrons. The van der Waals surface area contributed by atoms with E-state index >= 15 is 0 Å². The maximum Gasteiger partial charge on any atom is 0.254 e. The van der Waals surface area contributed by atoms with Crippen molar-refractivity contribution < 1.29 is 17.9 Å². The number of hydrogen-bond donors (Lipinski definition) is 0. The van der Waals surface area contributed by atoms with Gasteiger partial charge in [0.05, 0.1) is 7.11 Å². The predicted octanol–water partition coefficient (Wildman–Crippen LogP) is 2.74. The quantitative estimate of drug-likeness (QED) is 0.729. The first kappa shape index (κ1) is 19.2. The molecule has 1 aromatic rings. The molecule has 1 saturated carbocycles. The number of rotatable bonds is 7. The fraction of sp³-hybridized carbons (Fsp3) is 0.632. The van der Waals surface area contributed by atoms with Crippen molar-refractivity contribution in [3.63, 3.8) is 0 Å². The molecule has 2 aliphatic rings. The standard InChI is InChI=1S/C19H28N2O4S/c1-14(2)13-21(16-7-8-16)19(22)15-6-9-17(25-3)18(12-15)26(23,24)20-10-4-5-11-20/h6,9,12,14,16H,4-5,7-8,10-11,13H2,1-3H3. The van der Waals surface area contributed by atoms with Gasteiger partial charge in [-0.1, -0.05) is 13.8 Å². The molecule has 0 atom stereocenters. The van der Waals surface area contributed by atoms with Gasteiger partial charge >= 0.3 is 0 Å². The van der Waals surface area contributed by atoms with E-state index < -0.39 is 10.0 Å². The number of methoxy groups -OCH3 is 1. The highest BCUT2D eigenvalue weighted by Gasteiger charge is 2.35. The van der Waals surface area contributed by atoms with Crippen LogP contribution in [0, 0.1) is 5.92 Å². The lowest BCUT2D eigenvalue weighted by molar-refractivity contribution is 0.0722. The lowest BCUT2D eigenvalue weighted by Gasteiger charge is -2.25. The molecule has 0 N–H and O–H groups in total. The fourth-order valence-corrected chi connectivity index (χ4v) is 5.12. The van der Waals surface area contributed by atoms with Crippen LogP contribution in [-0.2, 0) is 10.0 Å². The molecule has 0 unspecified atom stereocenters. The molecule has 1 heterocycles. The van der Waals surface area contributed by atoms with E-state index in [2.05, 4.69) is 13.8 Å². The van der Waals surface area contributed by atoms with E-state index in [1.165, 1.54) is 17.5 Å². The molecule has 1 aliphatic carbocycles. The Morgan fingerprint density at radius 2 is 1.92 bits per heavy atom. The smallest absolute Gasteiger partial charge is 0.254 e. The molecule has 144 valence electrons. The Bertz CT molecular complexity index is 766. The molecular formula is C19H28N2O4S. The molecular weight excluding hydrogens is 352 g/mol. The lowest BCUT2D eigenvalue weighted by Crippen LogP contribution is -2.36. The summed E-state index contributed by atoms with van der Waals surface area (Å²) in [5, 5.41) is 0. The molecule has 0 aromatic heterocycles. The average molecular weight is 381 g/mol. The number of ether oxygens (including phenoxy) is 1. The van der Waals surface area contributed by atoms with E-state index in [1.54, 1.807) is 12.1 Å². The van der Waals surface area contributed by atoms with Crippen LogP contribution >= 0.6 is 0 Å². The molecule has 26 heavy (non-hydrogen) atoms. The third-order valence-corrected chi connectivity index (χ3v) is 6.82. The zero-order valence-corrected chi connectivity index (χ0v) is 16.6. The van der Waals surface area contributed by atoms with E-state index in [0.29, 0.717) is 31.1 Å². The van der Waals surface area contributed by atoms with Gasteiger partial charge < -0.3 is 9.64 Å². The van der Waals surface area contributed by atoms with Gasteiger partial charge in [0, 0.05) is 31.2 Å². The maximum absolute atomic E-state index is 13.0. The highest BCUT2D eigenvalue weighted by Crippen LogP contribution is 2.32. The first-order chi connectivity index (χ1) is 12.3. The van der Waals surface area contributed by atoms with Gasteiger partial charge in [0.1, 0.15) is 10.6 Å². The van der Waals surface area contributed by atoms with Crippen LogP contribution in [0.1, 0.15) is 49.9 Å². The first-order valence-electron chi connectivity index (χ1n) is 9.33. The number of amides is 1. The van der Waals surface area contributed by atoms with Crippen LogP contribution in [-0.4, -0.2) is 56.3 Å². The highest BCUT2D eigenvalue weighted by atomic mass is 32.2. The summed E-state index contributed by atoms with van der Waals surface area (Å²) in [6.45, 7) is 5.89. The minimum absolute atomic E-state index is 0.0908. The second kappa shape index (κ2) is 7.56. The third kappa shape index (κ3) is 3.88. The van der Waals surface area contributed by atoms with Gasteiger partial charge in [-0.15, -0.1) is 0 Å². The molecule has 1 aliphatic heterocycles. The molecule has 0 spiro atoms. The number of carbonyl (C=O) groups excluding carboxylic acids is 1. The third-order valence-electron chi connectivity index (χ3n) is 4.90. The van der Waals surface area contributed by atoms with Crippen molar-refractivity contribution in [3.05, 3.63) is 23.8 Å². The van der Waals surface area contributed by atoms with Crippen molar-refractivity contribution >= 4 is 15.9 Å². The van der Waals surface area contributed by atoms with Crippen molar-refractivity contribution in [2.24, 2.45) is 5.92 Å². The van der Waals surface area contributed by atoms with Gasteiger partial charge in [0.25, 0.3) is 5.91 Å². The van der Waals surface area contributed by atoms with E-state index in [9.17, 15) is 13.2 Å². The van der Waals surface area contributed by atoms with E-state index in [4.69, 9.17) is 4.74 Å². The van der Waals surface area contributed by atoms with E-state index in [1.807, 2.05) is 4.90 Å². The predicted molar refractivity (Wildman–Crippen MR) is 99.9 cm³/mol. The summed E-state index contributed by atoms with van der Waals surface area (Å²) in [7, 11) is -2.20. The minimum atomic E-state index is -3.65. The van der Waals surface area contributed by atoms with Gasteiger partial charge in [0.2, 0.25) is 10.0 Å². The highest BCUT2D eigenvalue weighted by molar-refractivity contribution is 7.89. The normalized spacial score (nSPS) is 18.3. The molecule has 1 amide bonds. The number of sulfonamides is 1. The molecule has 2 fully saturated rings. The molecule has 0 bridgehead atoms. The summed E-state index contributed by atoms with van der Waals surface area (Å²) in [4.78, 5) is 15.0. The van der Waals surface area contributed by atoms with Crippen LogP contribution in [0.15, 0.2) is 23.1 Å². The SMILES string of the molecule is COc1ccc(C(=O)N(CC(C)C)C2CC2)cc1S(=O)(=O)N1CCCC1. The minimum Gasteiger partial charge on any atom is -0.495 e. The lowest BCUT2D eigenvalue weighted by atomic mass is 10.1. The Hall–Kier alpha value is -1.60. The summed E-state index contributed by atoms with van der Waals surface area (Å²) < 4.78 is 32.8. The summed E-state index contributed by atoms with van der Waals surface area (Å²) in [5.74, 6) is 0.558. The number of nitrogens with zero attached hydrogens (tertiary/aromatic N) is 2. The van der Waals surface area contributed by atoms with Crippen LogP contribution in [0.3, 0.4) is 0 Å². The van der Waals surface area contributed by atoms with Crippen molar-refractivity contribution in [1.82, 2.24) is 9.21 Å². The van der Waals surface area contributed by atoms with Gasteiger partial charge in [0.15, 0.2) is 0 Å². The average Bonchev–Trinajstić information content (AvgIpc) is 3.30. The Balaban J connectivity index is 1.95. The number of carbonyl (C=O) groups is 1. The largest absolute Gasteiger partial charge is 0.495 e. The van der Waals surface area contributed by atoms with Gasteiger partial charge in [-0.05, 0) is 49.8 Å². The fourth-order valence-electron chi connectivity index (χ4n) is 3.42. The van der Waals surface area contributed by atoms with Crippen LogP contribution < -0.4 is 4.74 Å². The van der Waals surface area contributed by atoms with Crippen LogP contribution in [0.4, 0.5) is 0 Å². The summed E-state index contributed by atoms with van der Waals surface area (Å²) in [6, 6.07) is 5.03. The summed E-state index contributed by atoms with van der Waals surface area (Å²) in [5.41, 5.74) is 0.413. The van der Waals surface area contributed by atoms with Crippen molar-refractivity contribution in [2.45, 2.75) is 50.5 Å². The topological polar surface area (TPSA) is 66.9 Å². The van der Waals surface area contributed by atoms with Gasteiger partial charge in [-0.25, -0.2) is 8.42 Å². The Morgan fingerprint density at radius 1 is 1.27 bits per heavy atom. The molecule has 6 nitrogen and oxygen atoms in total. The second-order valence-corrected chi connectivity index (χ2v) is 9.47. The number of benzene rings is 1. The zero-order valence-electron chi connectivity index (χ0n) is 15.8. The summed E-state index contributed by atoms with van der Waals surface area (Å²) >= 11 is 0. The second-order valence-electron chi connectivity index (χ2n) is 7.56. The van der Waals surface area contributed by atoms with Crippen LogP contribution in [0.25, 0.3) is 0 Å². The van der Waals surface area contributed by atoms with Crippen molar-refractivity contribution in [1.29, 1.82) is 0 Å². The zero-order chi connectivity index (χ0) is 18.9. The number of hydrogen-bond acceptors (Lipinski definition) is 4. The molecule has 3 rings (SSSR count). The Kier molecular flexibility index (Phi) is 5.58. The Labute approximate surface area is 156 Å². The van der Waals surface area contributed by atoms with Gasteiger partial charge in [-0.3, -0.25) is 4.79 Å². The molecule has 1 aromatic carbocycles. The summed E-state index contributed by atoms with van der Waals surface area (Å²) in [6.07, 6.45) is 3.77. The maximum atomic E-state index is 13.0. The Morgan fingerprint density at radius 3 is 2.46 bits per heavy atom. The molecule has 7 heteroatoms. The van der Waals surface area contributed by atoms with E-state index in [-0.39, 0.29) is 22.6 Å².